The van der Waals surface area contributed by atoms with E-state index in [0.717, 1.165) is 24.0 Å². The van der Waals surface area contributed by atoms with Gasteiger partial charge in [0.25, 0.3) is 0 Å². The van der Waals surface area contributed by atoms with Gasteiger partial charge in [-0.1, -0.05) is 80.8 Å². The molecule has 0 radical (unpaired) electrons. The van der Waals surface area contributed by atoms with Crippen molar-refractivity contribution in [1.82, 2.24) is 0 Å². The molecule has 0 heterocycles. The number of aryl methyl sites for hydroxylation is 1. The largest absolute Gasteiger partial charge is 0.0952 e. The van der Waals surface area contributed by atoms with Crippen LogP contribution in [0.2, 0.25) is 0 Å². The minimum atomic E-state index is 0.396. The number of benzene rings is 1. The Kier molecular flexibility index (Phi) is 5.57. The van der Waals surface area contributed by atoms with Crippen LogP contribution in [0.25, 0.3) is 5.57 Å². The standard InChI is InChI=1S/C21H24/c1-17-11-5-4-6-14-20-15-9-10-16-21(20)19(3)13-8-7-12-18(17)2/h5,7-13,15-17H,2-4,6,14H2,1H3/b11-5-,12-7-,13-8-. The number of hydrogen-bond donors (Lipinski definition) is 0. The van der Waals surface area contributed by atoms with Crippen molar-refractivity contribution in [3.05, 3.63) is 90.6 Å². The monoisotopic (exact) mass is 276 g/mol. The molecule has 21 heavy (non-hydrogen) atoms. The highest BCUT2D eigenvalue weighted by molar-refractivity contribution is 5.74. The van der Waals surface area contributed by atoms with E-state index in [4.69, 9.17) is 0 Å². The van der Waals surface area contributed by atoms with E-state index in [2.05, 4.69) is 68.7 Å². The molecule has 1 aromatic carbocycles. The van der Waals surface area contributed by atoms with Crippen LogP contribution in [-0.2, 0) is 6.42 Å². The molecule has 0 heteroatoms. The van der Waals surface area contributed by atoms with Crippen molar-refractivity contribution >= 4 is 5.57 Å². The van der Waals surface area contributed by atoms with Gasteiger partial charge in [-0.05, 0) is 47.5 Å². The fourth-order valence-corrected chi connectivity index (χ4v) is 2.48. The van der Waals surface area contributed by atoms with E-state index in [1.54, 1.807) is 0 Å². The Morgan fingerprint density at radius 2 is 1.81 bits per heavy atom. The molecular formula is C21H24. The van der Waals surface area contributed by atoms with Gasteiger partial charge in [-0.3, -0.25) is 0 Å². The lowest BCUT2D eigenvalue weighted by Gasteiger charge is -2.10. The first-order chi connectivity index (χ1) is 10.2. The van der Waals surface area contributed by atoms with Crippen LogP contribution >= 0.6 is 0 Å². The average molecular weight is 276 g/mol. The number of allylic oxidation sites excluding steroid dienone is 8. The molecule has 1 unspecified atom stereocenters. The third kappa shape index (κ3) is 4.46. The smallest absolute Gasteiger partial charge is 0.00163 e. The maximum absolute atomic E-state index is 4.20. The van der Waals surface area contributed by atoms with Gasteiger partial charge in [0.2, 0.25) is 0 Å². The van der Waals surface area contributed by atoms with E-state index in [1.165, 1.54) is 17.5 Å². The fourth-order valence-electron chi connectivity index (χ4n) is 2.48. The molecule has 0 saturated carbocycles. The molecule has 0 bridgehead atoms. The molecule has 1 aromatic rings. The lowest BCUT2D eigenvalue weighted by molar-refractivity contribution is 0.823. The Labute approximate surface area is 128 Å². The molecule has 1 atom stereocenters. The van der Waals surface area contributed by atoms with E-state index in [0.29, 0.717) is 5.92 Å². The molecule has 0 spiro atoms. The van der Waals surface area contributed by atoms with Crippen molar-refractivity contribution in [3.8, 4) is 0 Å². The van der Waals surface area contributed by atoms with E-state index in [9.17, 15) is 0 Å². The second-order valence-corrected chi connectivity index (χ2v) is 5.58. The molecule has 0 N–H and O–H groups in total. The third-order valence-corrected chi connectivity index (χ3v) is 3.91. The van der Waals surface area contributed by atoms with Crippen LogP contribution < -0.4 is 0 Å². The lowest BCUT2D eigenvalue weighted by Crippen LogP contribution is -1.93. The van der Waals surface area contributed by atoms with Gasteiger partial charge in [-0.25, -0.2) is 0 Å². The van der Waals surface area contributed by atoms with Crippen LogP contribution in [0.3, 0.4) is 0 Å². The summed E-state index contributed by atoms with van der Waals surface area (Å²) in [4.78, 5) is 0. The maximum atomic E-state index is 4.20. The van der Waals surface area contributed by atoms with Gasteiger partial charge in [-0.15, -0.1) is 0 Å². The Hall–Kier alpha value is -2.08. The summed E-state index contributed by atoms with van der Waals surface area (Å²) in [5.74, 6) is 0.396. The summed E-state index contributed by atoms with van der Waals surface area (Å²) in [5, 5.41) is 0. The van der Waals surface area contributed by atoms with Gasteiger partial charge in [0.15, 0.2) is 0 Å². The summed E-state index contributed by atoms with van der Waals surface area (Å²) in [5.41, 5.74) is 4.86. The quantitative estimate of drug-likeness (QED) is 0.518. The van der Waals surface area contributed by atoms with Crippen molar-refractivity contribution in [3.63, 3.8) is 0 Å². The molecule has 1 aliphatic rings. The summed E-state index contributed by atoms with van der Waals surface area (Å²) in [7, 11) is 0. The zero-order valence-electron chi connectivity index (χ0n) is 12.9. The Morgan fingerprint density at radius 3 is 2.67 bits per heavy atom. The van der Waals surface area contributed by atoms with E-state index >= 15 is 0 Å². The summed E-state index contributed by atoms with van der Waals surface area (Å²) in [6.45, 7) is 10.5. The molecule has 0 amide bonds. The highest BCUT2D eigenvalue weighted by Crippen LogP contribution is 2.21. The van der Waals surface area contributed by atoms with Crippen molar-refractivity contribution < 1.29 is 0 Å². The Morgan fingerprint density at radius 1 is 1.05 bits per heavy atom. The zero-order chi connectivity index (χ0) is 15.1. The summed E-state index contributed by atoms with van der Waals surface area (Å²) < 4.78 is 0. The Balaban J connectivity index is 2.27. The van der Waals surface area contributed by atoms with E-state index in [-0.39, 0.29) is 0 Å². The first-order valence-electron chi connectivity index (χ1n) is 7.66. The second-order valence-electron chi connectivity index (χ2n) is 5.58. The SMILES string of the molecule is C=C1/C=C\C=C/C(=C)C(C)/C=C\CCCc2ccccc21. The summed E-state index contributed by atoms with van der Waals surface area (Å²) in [6, 6.07) is 8.57. The minimum absolute atomic E-state index is 0.396. The second kappa shape index (κ2) is 7.64. The van der Waals surface area contributed by atoms with Crippen LogP contribution in [0, 0.1) is 5.92 Å². The summed E-state index contributed by atoms with van der Waals surface area (Å²) >= 11 is 0. The number of rotatable bonds is 0. The van der Waals surface area contributed by atoms with Crippen molar-refractivity contribution in [1.29, 1.82) is 0 Å². The minimum Gasteiger partial charge on any atom is -0.0952 e. The normalized spacial score (nSPS) is 24.7. The van der Waals surface area contributed by atoms with Gasteiger partial charge in [-0.2, -0.15) is 0 Å². The molecule has 108 valence electrons. The van der Waals surface area contributed by atoms with Gasteiger partial charge >= 0.3 is 0 Å². The van der Waals surface area contributed by atoms with Gasteiger partial charge in [0.1, 0.15) is 0 Å². The molecule has 1 aliphatic carbocycles. The Bertz CT molecular complexity index is 596. The van der Waals surface area contributed by atoms with E-state index < -0.39 is 0 Å². The zero-order valence-corrected chi connectivity index (χ0v) is 12.9. The fraction of sp³-hybridized carbons (Fsp3) is 0.238. The van der Waals surface area contributed by atoms with Crippen molar-refractivity contribution in [2.24, 2.45) is 5.92 Å². The first kappa shape index (κ1) is 15.3. The molecule has 0 aromatic heterocycles. The topological polar surface area (TPSA) is 0 Å². The van der Waals surface area contributed by atoms with Crippen molar-refractivity contribution in [2.75, 3.05) is 0 Å². The van der Waals surface area contributed by atoms with Gasteiger partial charge < -0.3 is 0 Å². The van der Waals surface area contributed by atoms with Gasteiger partial charge in [0, 0.05) is 0 Å². The molecule has 0 fully saturated rings. The highest BCUT2D eigenvalue weighted by Gasteiger charge is 2.04. The number of fused-ring (bicyclic) bond motifs is 1. The predicted octanol–water partition coefficient (Wildman–Crippen LogP) is 5.90. The van der Waals surface area contributed by atoms with Crippen LogP contribution in [0.5, 0.6) is 0 Å². The van der Waals surface area contributed by atoms with Gasteiger partial charge in [0.05, 0.1) is 0 Å². The van der Waals surface area contributed by atoms with Crippen LogP contribution in [0.4, 0.5) is 0 Å². The highest BCUT2D eigenvalue weighted by atomic mass is 14.1. The molecular weight excluding hydrogens is 252 g/mol. The molecule has 0 saturated heterocycles. The molecule has 0 nitrogen and oxygen atoms in total. The molecule has 0 aliphatic heterocycles. The molecule has 2 rings (SSSR count). The van der Waals surface area contributed by atoms with Crippen LogP contribution in [0.15, 0.2) is 79.5 Å². The summed E-state index contributed by atoms with van der Waals surface area (Å²) in [6.07, 6.45) is 16.2. The maximum Gasteiger partial charge on any atom is -0.00163 e. The van der Waals surface area contributed by atoms with E-state index in [1.807, 2.05) is 12.2 Å². The van der Waals surface area contributed by atoms with Crippen molar-refractivity contribution in [2.45, 2.75) is 26.2 Å². The first-order valence-corrected chi connectivity index (χ1v) is 7.66. The number of hydrogen-bond acceptors (Lipinski definition) is 0. The lowest BCUT2D eigenvalue weighted by atomic mass is 9.95. The van der Waals surface area contributed by atoms with Crippen LogP contribution in [-0.4, -0.2) is 0 Å². The average Bonchev–Trinajstić information content (AvgIpc) is 2.50. The predicted molar refractivity (Wildman–Crippen MR) is 94.1 cm³/mol. The third-order valence-electron chi connectivity index (χ3n) is 3.91. The van der Waals surface area contributed by atoms with Crippen LogP contribution in [0.1, 0.15) is 30.9 Å².